The predicted octanol–water partition coefficient (Wildman–Crippen LogP) is 3.35. The summed E-state index contributed by atoms with van der Waals surface area (Å²) in [6.45, 7) is 1.78. The highest BCUT2D eigenvalue weighted by Gasteiger charge is 2.26. The Morgan fingerprint density at radius 3 is 2.61 bits per heavy atom. The molecule has 6 heteroatoms. The van der Waals surface area contributed by atoms with Crippen LogP contribution in [0.2, 0.25) is 0 Å². The Morgan fingerprint density at radius 1 is 1.39 bits per heavy atom. The van der Waals surface area contributed by atoms with Crippen LogP contribution in [-0.4, -0.2) is 17.8 Å². The monoisotopic (exact) mass is 277 g/mol. The van der Waals surface area contributed by atoms with Gasteiger partial charge in [-0.3, -0.25) is 0 Å². The number of alkyl halides is 3. The van der Waals surface area contributed by atoms with E-state index in [2.05, 4.69) is 0 Å². The molecule has 2 N–H and O–H groups in total. The van der Waals surface area contributed by atoms with E-state index in [9.17, 15) is 13.2 Å². The number of ether oxygens (including phenoxy) is 1. The summed E-state index contributed by atoms with van der Waals surface area (Å²) in [6, 6.07) is 5.25. The SMILES string of the molecule is Cc1cccc(C(N)=S)c1OCCCC(F)(F)F. The molecule has 100 valence electrons. The smallest absolute Gasteiger partial charge is 0.389 e. The Morgan fingerprint density at radius 2 is 2.06 bits per heavy atom. The van der Waals surface area contributed by atoms with E-state index in [-0.39, 0.29) is 18.0 Å². The van der Waals surface area contributed by atoms with E-state index in [0.29, 0.717) is 11.3 Å². The van der Waals surface area contributed by atoms with E-state index in [1.165, 1.54) is 0 Å². The van der Waals surface area contributed by atoms with Gasteiger partial charge in [-0.05, 0) is 25.0 Å². The molecule has 1 aromatic rings. The summed E-state index contributed by atoms with van der Waals surface area (Å²) in [6.07, 6.45) is -5.10. The molecule has 1 aromatic carbocycles. The standard InChI is InChI=1S/C12H14F3NOS/c1-8-4-2-5-9(11(16)18)10(8)17-7-3-6-12(13,14)15/h2,4-5H,3,6-7H2,1H3,(H2,16,18). The van der Waals surface area contributed by atoms with Crippen LogP contribution in [0.4, 0.5) is 13.2 Å². The van der Waals surface area contributed by atoms with Crippen LogP contribution in [0, 0.1) is 6.92 Å². The van der Waals surface area contributed by atoms with Crippen LogP contribution in [0.1, 0.15) is 24.0 Å². The maximum absolute atomic E-state index is 12.0. The quantitative estimate of drug-likeness (QED) is 0.662. The van der Waals surface area contributed by atoms with Crippen LogP contribution in [0.5, 0.6) is 5.75 Å². The van der Waals surface area contributed by atoms with Crippen LogP contribution in [0.15, 0.2) is 18.2 Å². The number of hydrogen-bond donors (Lipinski definition) is 1. The Balaban J connectivity index is 2.64. The molecular formula is C12H14F3NOS. The summed E-state index contributed by atoms with van der Waals surface area (Å²) in [4.78, 5) is 0.171. The second kappa shape index (κ2) is 6.04. The lowest BCUT2D eigenvalue weighted by Gasteiger charge is -2.13. The fraction of sp³-hybridized carbons (Fsp3) is 0.417. The maximum atomic E-state index is 12.0. The third-order valence-corrected chi connectivity index (χ3v) is 2.55. The molecule has 0 atom stereocenters. The molecule has 18 heavy (non-hydrogen) atoms. The third kappa shape index (κ3) is 4.52. The fourth-order valence-corrected chi connectivity index (χ4v) is 1.65. The molecule has 0 spiro atoms. The fourth-order valence-electron chi connectivity index (χ4n) is 1.48. The highest BCUT2D eigenvalue weighted by Crippen LogP contribution is 2.25. The molecule has 0 aromatic heterocycles. The molecule has 0 aliphatic carbocycles. The summed E-state index contributed by atoms with van der Waals surface area (Å²) >= 11 is 4.87. The van der Waals surface area contributed by atoms with Crippen LogP contribution in [0.3, 0.4) is 0 Å². The van der Waals surface area contributed by atoms with Gasteiger partial charge in [0.25, 0.3) is 0 Å². The molecule has 0 heterocycles. The van der Waals surface area contributed by atoms with Crippen LogP contribution in [-0.2, 0) is 0 Å². The molecule has 0 bridgehead atoms. The van der Waals surface area contributed by atoms with E-state index >= 15 is 0 Å². The lowest BCUT2D eigenvalue weighted by Crippen LogP contribution is -2.14. The minimum Gasteiger partial charge on any atom is -0.493 e. The van der Waals surface area contributed by atoms with Crippen LogP contribution in [0.25, 0.3) is 0 Å². The molecule has 0 unspecified atom stereocenters. The average Bonchev–Trinajstić information content (AvgIpc) is 2.24. The van der Waals surface area contributed by atoms with Gasteiger partial charge in [0.15, 0.2) is 0 Å². The van der Waals surface area contributed by atoms with Gasteiger partial charge in [-0.2, -0.15) is 13.2 Å². The van der Waals surface area contributed by atoms with Crippen molar-refractivity contribution in [1.29, 1.82) is 0 Å². The zero-order chi connectivity index (χ0) is 13.8. The van der Waals surface area contributed by atoms with Gasteiger partial charge in [0.2, 0.25) is 0 Å². The highest BCUT2D eigenvalue weighted by atomic mass is 32.1. The van der Waals surface area contributed by atoms with Gasteiger partial charge in [0, 0.05) is 6.42 Å². The number of thiocarbonyl (C=S) groups is 1. The van der Waals surface area contributed by atoms with Gasteiger partial charge in [0.1, 0.15) is 10.7 Å². The lowest BCUT2D eigenvalue weighted by molar-refractivity contribution is -0.136. The first-order chi connectivity index (χ1) is 8.31. The molecule has 0 saturated heterocycles. The number of hydrogen-bond acceptors (Lipinski definition) is 2. The summed E-state index contributed by atoms with van der Waals surface area (Å²) in [7, 11) is 0. The first kappa shape index (κ1) is 14.8. The van der Waals surface area contributed by atoms with E-state index in [1.54, 1.807) is 25.1 Å². The van der Waals surface area contributed by atoms with Gasteiger partial charge in [-0.25, -0.2) is 0 Å². The van der Waals surface area contributed by atoms with Crippen LogP contribution < -0.4 is 10.5 Å². The molecule has 0 amide bonds. The van der Waals surface area contributed by atoms with Crippen molar-refractivity contribution >= 4 is 17.2 Å². The third-order valence-electron chi connectivity index (χ3n) is 2.33. The van der Waals surface area contributed by atoms with E-state index < -0.39 is 12.6 Å². The molecule has 0 radical (unpaired) electrons. The second-order valence-electron chi connectivity index (χ2n) is 3.88. The van der Waals surface area contributed by atoms with Gasteiger partial charge in [-0.1, -0.05) is 24.4 Å². The maximum Gasteiger partial charge on any atom is 0.389 e. The molecule has 0 saturated carbocycles. The van der Waals surface area contributed by atoms with Crippen molar-refractivity contribution in [1.82, 2.24) is 0 Å². The molecule has 0 aliphatic rings. The van der Waals surface area contributed by atoms with Crippen molar-refractivity contribution in [3.63, 3.8) is 0 Å². The summed E-state index contributed by atoms with van der Waals surface area (Å²) in [5.41, 5.74) is 6.88. The number of para-hydroxylation sites is 1. The zero-order valence-electron chi connectivity index (χ0n) is 9.88. The minimum atomic E-state index is -4.15. The van der Waals surface area contributed by atoms with Gasteiger partial charge in [-0.15, -0.1) is 0 Å². The van der Waals surface area contributed by atoms with Crippen molar-refractivity contribution in [2.75, 3.05) is 6.61 Å². The lowest BCUT2D eigenvalue weighted by atomic mass is 10.1. The Hall–Kier alpha value is -1.30. The molecule has 0 aliphatic heterocycles. The average molecular weight is 277 g/mol. The topological polar surface area (TPSA) is 35.2 Å². The highest BCUT2D eigenvalue weighted by molar-refractivity contribution is 7.80. The van der Waals surface area contributed by atoms with Crippen molar-refractivity contribution in [2.45, 2.75) is 25.9 Å². The van der Waals surface area contributed by atoms with Gasteiger partial charge < -0.3 is 10.5 Å². The predicted molar refractivity (Wildman–Crippen MR) is 67.9 cm³/mol. The first-order valence-electron chi connectivity index (χ1n) is 5.40. The van der Waals surface area contributed by atoms with Crippen molar-refractivity contribution in [3.8, 4) is 5.75 Å². The number of aryl methyl sites for hydroxylation is 1. The summed E-state index contributed by atoms with van der Waals surface area (Å²) < 4.78 is 41.3. The Kier molecular flexibility index (Phi) is 4.95. The van der Waals surface area contributed by atoms with Crippen molar-refractivity contribution in [2.24, 2.45) is 5.73 Å². The largest absolute Gasteiger partial charge is 0.493 e. The minimum absolute atomic E-state index is 0.0139. The summed E-state index contributed by atoms with van der Waals surface area (Å²) in [5.74, 6) is 0.465. The van der Waals surface area contributed by atoms with Crippen LogP contribution >= 0.6 is 12.2 Å². The zero-order valence-corrected chi connectivity index (χ0v) is 10.7. The first-order valence-corrected chi connectivity index (χ1v) is 5.81. The molecule has 1 rings (SSSR count). The van der Waals surface area contributed by atoms with Gasteiger partial charge in [0.05, 0.1) is 12.2 Å². The molecule has 0 fully saturated rings. The van der Waals surface area contributed by atoms with Gasteiger partial charge >= 0.3 is 6.18 Å². The summed E-state index contributed by atoms with van der Waals surface area (Å²) in [5, 5.41) is 0. The van der Waals surface area contributed by atoms with E-state index in [4.69, 9.17) is 22.7 Å². The van der Waals surface area contributed by atoms with Crippen molar-refractivity contribution < 1.29 is 17.9 Å². The van der Waals surface area contributed by atoms with Crippen molar-refractivity contribution in [3.05, 3.63) is 29.3 Å². The number of rotatable bonds is 5. The Bertz CT molecular complexity index is 432. The number of nitrogens with two attached hydrogens (primary N) is 1. The number of benzene rings is 1. The normalized spacial score (nSPS) is 11.3. The second-order valence-corrected chi connectivity index (χ2v) is 4.32. The van der Waals surface area contributed by atoms with E-state index in [0.717, 1.165) is 5.56 Å². The number of halogens is 3. The Labute approximate surface area is 109 Å². The van der Waals surface area contributed by atoms with E-state index in [1.807, 2.05) is 0 Å². The molecule has 2 nitrogen and oxygen atoms in total. The molecular weight excluding hydrogens is 263 g/mol.